The summed E-state index contributed by atoms with van der Waals surface area (Å²) in [5.74, 6) is -2.87. The van der Waals surface area contributed by atoms with Gasteiger partial charge in [-0.2, -0.15) is 0 Å². The molecule has 0 aromatic heterocycles. The third-order valence-electron chi connectivity index (χ3n) is 3.62. The Kier molecular flexibility index (Phi) is 7.78. The first-order chi connectivity index (χ1) is 12.3. The maximum Gasteiger partial charge on any atom is 0.277 e. The average Bonchev–Trinajstić information content (AvgIpc) is 2.60. The van der Waals surface area contributed by atoms with Crippen molar-refractivity contribution in [1.82, 2.24) is 5.48 Å². The summed E-state index contributed by atoms with van der Waals surface area (Å²) < 4.78 is 29.4. The van der Waals surface area contributed by atoms with Crippen molar-refractivity contribution in [2.75, 3.05) is 11.9 Å². The van der Waals surface area contributed by atoms with E-state index in [9.17, 15) is 13.6 Å². The summed E-state index contributed by atoms with van der Waals surface area (Å²) in [5, 5.41) is 2.83. The third-order valence-corrected chi connectivity index (χ3v) is 4.87. The number of hydrogen-bond donors (Lipinski definition) is 2. The average molecular weight is 539 g/mol. The smallest absolute Gasteiger partial charge is 0.277 e. The number of halogens is 4. The molecule has 0 unspecified atom stereocenters. The largest absolute Gasteiger partial charge is 0.352 e. The molecule has 0 radical (unpaired) electrons. The maximum atomic E-state index is 14.5. The molecule has 26 heavy (non-hydrogen) atoms. The van der Waals surface area contributed by atoms with Crippen LogP contribution in [0.15, 0.2) is 28.7 Å². The molecule has 2 N–H and O–H groups in total. The van der Waals surface area contributed by atoms with Crippen molar-refractivity contribution >= 4 is 55.8 Å². The predicted octanol–water partition coefficient (Wildman–Crippen LogP) is 5.85. The van der Waals surface area contributed by atoms with E-state index in [1.165, 1.54) is 6.07 Å². The van der Waals surface area contributed by atoms with Gasteiger partial charge in [0.25, 0.3) is 5.91 Å². The van der Waals surface area contributed by atoms with Gasteiger partial charge in [0.1, 0.15) is 0 Å². The van der Waals surface area contributed by atoms with E-state index in [2.05, 4.69) is 49.3 Å². The molecule has 0 aliphatic rings. The van der Waals surface area contributed by atoms with E-state index in [0.29, 0.717) is 12.3 Å². The Hall–Kier alpha value is -1.26. The van der Waals surface area contributed by atoms with Gasteiger partial charge in [0.2, 0.25) is 0 Å². The standard InChI is InChI=1S/C18H18BrF2IN2O2/c1-3-4-7-26-24-18(25)12-9-13(19)15(20)16(21)17(12)23-14-6-5-11(22)8-10(14)2/h5-6,8-9,23H,3-4,7H2,1-2H3,(H,24,25). The molecule has 140 valence electrons. The van der Waals surface area contributed by atoms with Crippen LogP contribution in [0.5, 0.6) is 0 Å². The van der Waals surface area contributed by atoms with Gasteiger partial charge in [-0.25, -0.2) is 14.3 Å². The topological polar surface area (TPSA) is 50.4 Å². The highest BCUT2D eigenvalue weighted by molar-refractivity contribution is 14.1. The quantitative estimate of drug-likeness (QED) is 0.201. The van der Waals surface area contributed by atoms with Gasteiger partial charge in [-0.3, -0.25) is 9.63 Å². The zero-order valence-electron chi connectivity index (χ0n) is 14.3. The van der Waals surface area contributed by atoms with Crippen LogP contribution < -0.4 is 10.8 Å². The summed E-state index contributed by atoms with van der Waals surface area (Å²) in [6.07, 6.45) is 1.68. The van der Waals surface area contributed by atoms with Crippen LogP contribution >= 0.6 is 38.5 Å². The molecule has 0 saturated heterocycles. The second kappa shape index (κ2) is 9.61. The summed E-state index contributed by atoms with van der Waals surface area (Å²) in [7, 11) is 0. The fourth-order valence-electron chi connectivity index (χ4n) is 2.19. The lowest BCUT2D eigenvalue weighted by Gasteiger charge is -2.16. The maximum absolute atomic E-state index is 14.5. The first kappa shape index (κ1) is 21.0. The minimum absolute atomic E-state index is 0.0646. The van der Waals surface area contributed by atoms with Crippen LogP contribution in [-0.4, -0.2) is 12.5 Å². The summed E-state index contributed by atoms with van der Waals surface area (Å²) in [5.41, 5.74) is 3.37. The van der Waals surface area contributed by atoms with Gasteiger partial charge in [0, 0.05) is 9.26 Å². The molecule has 8 heteroatoms. The van der Waals surface area contributed by atoms with Crippen molar-refractivity contribution < 1.29 is 18.4 Å². The lowest BCUT2D eigenvalue weighted by atomic mass is 10.1. The van der Waals surface area contributed by atoms with Gasteiger partial charge in [-0.1, -0.05) is 13.3 Å². The molecule has 2 rings (SSSR count). The highest BCUT2D eigenvalue weighted by Gasteiger charge is 2.22. The highest BCUT2D eigenvalue weighted by Crippen LogP contribution is 2.32. The van der Waals surface area contributed by atoms with Gasteiger partial charge in [0.15, 0.2) is 11.6 Å². The minimum Gasteiger partial charge on any atom is -0.352 e. The van der Waals surface area contributed by atoms with Crippen LogP contribution in [0.2, 0.25) is 0 Å². The Morgan fingerprint density at radius 2 is 2.00 bits per heavy atom. The number of carbonyl (C=O) groups is 1. The van der Waals surface area contributed by atoms with Crippen molar-refractivity contribution in [2.45, 2.75) is 26.7 Å². The van der Waals surface area contributed by atoms with Crippen LogP contribution in [-0.2, 0) is 4.84 Å². The zero-order chi connectivity index (χ0) is 19.3. The minimum atomic E-state index is -1.14. The number of unbranched alkanes of at least 4 members (excludes halogenated alkanes) is 1. The van der Waals surface area contributed by atoms with Crippen molar-refractivity contribution in [2.24, 2.45) is 0 Å². The third kappa shape index (κ3) is 5.14. The Morgan fingerprint density at radius 1 is 1.27 bits per heavy atom. The lowest BCUT2D eigenvalue weighted by molar-refractivity contribution is 0.0302. The van der Waals surface area contributed by atoms with E-state index < -0.39 is 17.5 Å². The van der Waals surface area contributed by atoms with E-state index in [4.69, 9.17) is 4.84 Å². The molecule has 4 nitrogen and oxygen atoms in total. The number of anilines is 2. The molecule has 0 atom stereocenters. The first-order valence-electron chi connectivity index (χ1n) is 7.98. The summed E-state index contributed by atoms with van der Waals surface area (Å²) in [6.45, 7) is 4.17. The number of hydroxylamine groups is 1. The Balaban J connectivity index is 2.36. The van der Waals surface area contributed by atoms with Gasteiger partial charge in [0.05, 0.1) is 22.3 Å². The molecule has 2 aromatic rings. The van der Waals surface area contributed by atoms with E-state index in [0.717, 1.165) is 22.0 Å². The molecule has 0 heterocycles. The molecule has 0 aliphatic carbocycles. The van der Waals surface area contributed by atoms with Gasteiger partial charge in [-0.15, -0.1) is 0 Å². The number of nitrogens with one attached hydrogen (secondary N) is 2. The van der Waals surface area contributed by atoms with Crippen LogP contribution in [0, 0.1) is 22.1 Å². The summed E-state index contributed by atoms with van der Waals surface area (Å²) in [6, 6.07) is 6.69. The fraction of sp³-hybridized carbons (Fsp3) is 0.278. The van der Waals surface area contributed by atoms with E-state index in [-0.39, 0.29) is 15.7 Å². The van der Waals surface area contributed by atoms with Crippen molar-refractivity contribution in [3.05, 3.63) is 55.1 Å². The summed E-state index contributed by atoms with van der Waals surface area (Å²) in [4.78, 5) is 17.5. The molecular formula is C18H18BrF2IN2O2. The molecular weight excluding hydrogens is 521 g/mol. The van der Waals surface area contributed by atoms with Gasteiger partial charge in [-0.05, 0) is 81.7 Å². The van der Waals surface area contributed by atoms with Crippen molar-refractivity contribution in [3.8, 4) is 0 Å². The molecule has 0 saturated carbocycles. The molecule has 2 aromatic carbocycles. The fourth-order valence-corrected chi connectivity index (χ4v) is 3.24. The zero-order valence-corrected chi connectivity index (χ0v) is 18.0. The monoisotopic (exact) mass is 538 g/mol. The number of amides is 1. The van der Waals surface area contributed by atoms with Crippen LogP contribution in [0.1, 0.15) is 35.7 Å². The molecule has 0 aliphatic heterocycles. The lowest BCUT2D eigenvalue weighted by Crippen LogP contribution is -2.25. The number of carbonyl (C=O) groups excluding carboxylic acids is 1. The Bertz CT molecular complexity index is 818. The molecule has 0 spiro atoms. The predicted molar refractivity (Wildman–Crippen MR) is 110 cm³/mol. The number of hydrogen-bond acceptors (Lipinski definition) is 3. The van der Waals surface area contributed by atoms with Gasteiger partial charge < -0.3 is 5.32 Å². The normalized spacial score (nSPS) is 10.7. The van der Waals surface area contributed by atoms with Crippen LogP contribution in [0.4, 0.5) is 20.2 Å². The van der Waals surface area contributed by atoms with E-state index in [1.807, 2.05) is 26.0 Å². The molecule has 0 fully saturated rings. The number of benzene rings is 2. The van der Waals surface area contributed by atoms with Crippen molar-refractivity contribution in [1.29, 1.82) is 0 Å². The van der Waals surface area contributed by atoms with Crippen LogP contribution in [0.25, 0.3) is 0 Å². The highest BCUT2D eigenvalue weighted by atomic mass is 127. The van der Waals surface area contributed by atoms with E-state index >= 15 is 0 Å². The first-order valence-corrected chi connectivity index (χ1v) is 9.85. The number of aryl methyl sites for hydroxylation is 1. The van der Waals surface area contributed by atoms with Crippen LogP contribution in [0.3, 0.4) is 0 Å². The molecule has 0 bridgehead atoms. The molecule has 1 amide bonds. The van der Waals surface area contributed by atoms with Gasteiger partial charge >= 0.3 is 0 Å². The second-order valence-electron chi connectivity index (χ2n) is 5.63. The van der Waals surface area contributed by atoms with Crippen molar-refractivity contribution in [3.63, 3.8) is 0 Å². The van der Waals surface area contributed by atoms with E-state index in [1.54, 1.807) is 6.07 Å². The Morgan fingerprint density at radius 3 is 2.65 bits per heavy atom. The SMILES string of the molecule is CCCCONC(=O)c1cc(Br)c(F)c(F)c1Nc1ccc(I)cc1C. The second-order valence-corrected chi connectivity index (χ2v) is 7.73. The number of rotatable bonds is 7. The summed E-state index contributed by atoms with van der Waals surface area (Å²) >= 11 is 5.10. The Labute approximate surface area is 172 Å².